The molecule has 1 rings (SSSR count). The molecule has 0 spiro atoms. The summed E-state index contributed by atoms with van der Waals surface area (Å²) in [5.74, 6) is 1.06. The molecule has 0 aromatic heterocycles. The van der Waals surface area contributed by atoms with Gasteiger partial charge in [-0.2, -0.15) is 0 Å². The summed E-state index contributed by atoms with van der Waals surface area (Å²) in [6.45, 7) is 0.456. The number of carboxylic acids is 1. The number of amides is 1. The third-order valence-electron chi connectivity index (χ3n) is 2.38. The summed E-state index contributed by atoms with van der Waals surface area (Å²) < 4.78 is 0. The first-order valence-corrected chi connectivity index (χ1v) is 4.58. The lowest BCUT2D eigenvalue weighted by Gasteiger charge is -2.09. The van der Waals surface area contributed by atoms with Crippen LogP contribution in [0.5, 0.6) is 0 Å². The molecule has 1 aliphatic rings. The fourth-order valence-electron chi connectivity index (χ4n) is 1.22. The van der Waals surface area contributed by atoms with Gasteiger partial charge >= 0.3 is 5.97 Å². The molecular weight excluding hydrogens is 182 g/mol. The molecule has 2 N–H and O–H groups in total. The Morgan fingerprint density at radius 1 is 1.50 bits per heavy atom. The average Bonchev–Trinajstić information content (AvgIpc) is 2.92. The van der Waals surface area contributed by atoms with Crippen molar-refractivity contribution in [3.8, 4) is 12.3 Å². The van der Waals surface area contributed by atoms with Crippen LogP contribution in [0.25, 0.3) is 0 Å². The summed E-state index contributed by atoms with van der Waals surface area (Å²) in [4.78, 5) is 22.1. The van der Waals surface area contributed by atoms with E-state index in [-0.39, 0.29) is 5.91 Å². The van der Waals surface area contributed by atoms with Crippen LogP contribution in [-0.4, -0.2) is 23.5 Å². The lowest BCUT2D eigenvalue weighted by Crippen LogP contribution is -2.37. The number of carboxylic acid groups (broad SMARTS) is 1. The SMILES string of the molecule is C#CCCCNC(=O)C1(C(=O)O)CC1. The van der Waals surface area contributed by atoms with Crippen molar-refractivity contribution in [2.75, 3.05) is 6.54 Å². The van der Waals surface area contributed by atoms with E-state index in [1.807, 2.05) is 0 Å². The van der Waals surface area contributed by atoms with Gasteiger partial charge in [0.1, 0.15) is 5.41 Å². The van der Waals surface area contributed by atoms with Crippen molar-refractivity contribution in [1.29, 1.82) is 0 Å². The molecule has 1 aliphatic carbocycles. The van der Waals surface area contributed by atoms with Crippen molar-refractivity contribution in [3.63, 3.8) is 0 Å². The molecule has 4 heteroatoms. The highest BCUT2D eigenvalue weighted by molar-refractivity contribution is 6.04. The highest BCUT2D eigenvalue weighted by Gasteiger charge is 2.56. The minimum absolute atomic E-state index is 0.373. The normalized spacial score (nSPS) is 16.8. The van der Waals surface area contributed by atoms with Crippen LogP contribution in [0.2, 0.25) is 0 Å². The maximum atomic E-state index is 11.4. The number of rotatable bonds is 5. The number of unbranched alkanes of at least 4 members (excludes halogenated alkanes) is 1. The second-order valence-electron chi connectivity index (χ2n) is 3.45. The Hall–Kier alpha value is -1.50. The lowest BCUT2D eigenvalue weighted by atomic mass is 10.1. The highest BCUT2D eigenvalue weighted by Crippen LogP contribution is 2.45. The Morgan fingerprint density at radius 2 is 2.14 bits per heavy atom. The molecule has 1 fully saturated rings. The van der Waals surface area contributed by atoms with Crippen LogP contribution < -0.4 is 5.32 Å². The molecule has 1 amide bonds. The summed E-state index contributed by atoms with van der Waals surface area (Å²) in [5, 5.41) is 11.4. The van der Waals surface area contributed by atoms with Gasteiger partial charge in [0.15, 0.2) is 0 Å². The molecule has 0 atom stereocenters. The van der Waals surface area contributed by atoms with Gasteiger partial charge in [0.25, 0.3) is 0 Å². The Kier molecular flexibility index (Phi) is 3.13. The second kappa shape index (κ2) is 4.14. The standard InChI is InChI=1S/C10H13NO3/c1-2-3-4-7-11-8(12)10(5-6-10)9(13)14/h1H,3-7H2,(H,11,12)(H,13,14). The van der Waals surface area contributed by atoms with Gasteiger partial charge in [-0.25, -0.2) is 0 Å². The van der Waals surface area contributed by atoms with Crippen LogP contribution in [0.4, 0.5) is 0 Å². The predicted molar refractivity (Wildman–Crippen MR) is 50.4 cm³/mol. The molecule has 0 bridgehead atoms. The van der Waals surface area contributed by atoms with E-state index in [4.69, 9.17) is 11.5 Å². The molecule has 0 aromatic carbocycles. The summed E-state index contributed by atoms with van der Waals surface area (Å²) >= 11 is 0. The van der Waals surface area contributed by atoms with E-state index in [2.05, 4.69) is 11.2 Å². The monoisotopic (exact) mass is 195 g/mol. The molecule has 0 unspecified atom stereocenters. The summed E-state index contributed by atoms with van der Waals surface area (Å²) in [6, 6.07) is 0. The van der Waals surface area contributed by atoms with E-state index >= 15 is 0 Å². The number of nitrogens with one attached hydrogen (secondary N) is 1. The molecular formula is C10H13NO3. The number of aliphatic carboxylic acids is 1. The van der Waals surface area contributed by atoms with Crippen molar-refractivity contribution in [3.05, 3.63) is 0 Å². The lowest BCUT2D eigenvalue weighted by molar-refractivity contribution is -0.149. The Bertz CT molecular complexity index is 286. The van der Waals surface area contributed by atoms with Crippen LogP contribution >= 0.6 is 0 Å². The smallest absolute Gasteiger partial charge is 0.319 e. The number of terminal acetylenes is 1. The van der Waals surface area contributed by atoms with Crippen LogP contribution in [-0.2, 0) is 9.59 Å². The summed E-state index contributed by atoms with van der Waals surface area (Å²) in [6.07, 6.45) is 7.22. The zero-order chi connectivity index (χ0) is 10.6. The van der Waals surface area contributed by atoms with Gasteiger partial charge in [-0.05, 0) is 19.3 Å². The van der Waals surface area contributed by atoms with Gasteiger partial charge in [0, 0.05) is 13.0 Å². The van der Waals surface area contributed by atoms with Gasteiger partial charge in [-0.15, -0.1) is 12.3 Å². The molecule has 76 valence electrons. The van der Waals surface area contributed by atoms with Crippen LogP contribution in [0.15, 0.2) is 0 Å². The maximum absolute atomic E-state index is 11.4. The fourth-order valence-corrected chi connectivity index (χ4v) is 1.22. The van der Waals surface area contributed by atoms with Crippen molar-refractivity contribution < 1.29 is 14.7 Å². The van der Waals surface area contributed by atoms with Crippen molar-refractivity contribution in [1.82, 2.24) is 5.32 Å². The van der Waals surface area contributed by atoms with Gasteiger partial charge in [0.2, 0.25) is 5.91 Å². The highest BCUT2D eigenvalue weighted by atomic mass is 16.4. The molecule has 0 radical (unpaired) electrons. The Labute approximate surface area is 82.7 Å². The van der Waals surface area contributed by atoms with E-state index in [1.165, 1.54) is 0 Å². The van der Waals surface area contributed by atoms with E-state index in [0.717, 1.165) is 0 Å². The van der Waals surface area contributed by atoms with Crippen LogP contribution in [0.1, 0.15) is 25.7 Å². The first-order chi connectivity index (χ1) is 6.63. The molecule has 1 saturated carbocycles. The zero-order valence-corrected chi connectivity index (χ0v) is 7.88. The van der Waals surface area contributed by atoms with Gasteiger partial charge < -0.3 is 10.4 Å². The van der Waals surface area contributed by atoms with E-state index in [0.29, 0.717) is 32.2 Å². The number of hydrogen-bond acceptors (Lipinski definition) is 2. The molecule has 0 aliphatic heterocycles. The number of carbonyl (C=O) groups is 2. The molecule has 14 heavy (non-hydrogen) atoms. The third kappa shape index (κ3) is 2.05. The fraction of sp³-hybridized carbons (Fsp3) is 0.600. The Morgan fingerprint density at radius 3 is 2.57 bits per heavy atom. The van der Waals surface area contributed by atoms with Gasteiger partial charge in [0.05, 0.1) is 0 Å². The van der Waals surface area contributed by atoms with Crippen LogP contribution in [0.3, 0.4) is 0 Å². The number of hydrogen-bond donors (Lipinski definition) is 2. The Balaban J connectivity index is 2.30. The first-order valence-electron chi connectivity index (χ1n) is 4.58. The average molecular weight is 195 g/mol. The summed E-state index contributed by atoms with van der Waals surface area (Å²) in [5.41, 5.74) is -1.13. The van der Waals surface area contributed by atoms with Crippen LogP contribution in [0, 0.1) is 17.8 Å². The predicted octanol–water partition coefficient (Wildman–Crippen LogP) is 0.381. The van der Waals surface area contributed by atoms with E-state index in [9.17, 15) is 9.59 Å². The van der Waals surface area contributed by atoms with Gasteiger partial charge in [-0.3, -0.25) is 9.59 Å². The molecule has 0 aromatic rings. The molecule has 0 saturated heterocycles. The van der Waals surface area contributed by atoms with Crippen molar-refractivity contribution >= 4 is 11.9 Å². The molecule has 4 nitrogen and oxygen atoms in total. The molecule has 0 heterocycles. The van der Waals surface area contributed by atoms with Crippen molar-refractivity contribution in [2.45, 2.75) is 25.7 Å². The zero-order valence-electron chi connectivity index (χ0n) is 7.88. The second-order valence-corrected chi connectivity index (χ2v) is 3.45. The van der Waals surface area contributed by atoms with Crippen molar-refractivity contribution in [2.24, 2.45) is 5.41 Å². The quantitative estimate of drug-likeness (QED) is 0.378. The summed E-state index contributed by atoms with van der Waals surface area (Å²) in [7, 11) is 0. The number of carbonyl (C=O) groups excluding carboxylic acids is 1. The van der Waals surface area contributed by atoms with Gasteiger partial charge in [-0.1, -0.05) is 0 Å². The minimum Gasteiger partial charge on any atom is -0.480 e. The first kappa shape index (κ1) is 10.6. The van der Waals surface area contributed by atoms with E-state index < -0.39 is 11.4 Å². The largest absolute Gasteiger partial charge is 0.480 e. The minimum atomic E-state index is -1.13. The van der Waals surface area contributed by atoms with E-state index in [1.54, 1.807) is 0 Å². The maximum Gasteiger partial charge on any atom is 0.319 e. The topological polar surface area (TPSA) is 66.4 Å². The third-order valence-corrected chi connectivity index (χ3v) is 2.38.